The lowest BCUT2D eigenvalue weighted by molar-refractivity contribution is 0.333. The molecule has 1 heterocycles. The van der Waals surface area contributed by atoms with Gasteiger partial charge in [-0.3, -0.25) is 0 Å². The summed E-state index contributed by atoms with van der Waals surface area (Å²) in [5.74, 6) is 0.391. The van der Waals surface area contributed by atoms with E-state index in [0.29, 0.717) is 5.88 Å². The molecule has 0 bridgehead atoms. The zero-order valence-corrected chi connectivity index (χ0v) is 3.72. The Bertz CT molecular complexity index is 117. The van der Waals surface area contributed by atoms with Crippen LogP contribution in [0.5, 0.6) is 0 Å². The summed E-state index contributed by atoms with van der Waals surface area (Å²) in [4.78, 5) is 0. The van der Waals surface area contributed by atoms with Gasteiger partial charge in [-0.15, -0.1) is 0 Å². The molecular weight excluding hydrogens is 92.1 g/mol. The largest absolute Gasteiger partial charge is 0.446 e. The van der Waals surface area contributed by atoms with Crippen LogP contribution in [0.1, 0.15) is 0 Å². The Morgan fingerprint density at radius 1 is 1.71 bits per heavy atom. The van der Waals surface area contributed by atoms with Crippen LogP contribution in [0.25, 0.3) is 0 Å². The first kappa shape index (κ1) is 4.05. The quantitative estimate of drug-likeness (QED) is 0.442. The second kappa shape index (κ2) is 1.55. The number of hydrogen-bond donors (Lipinski definition) is 2. The predicted octanol–water partition coefficient (Wildman–Crippen LogP) is -0.165. The van der Waals surface area contributed by atoms with Crippen molar-refractivity contribution in [3.63, 3.8) is 0 Å². The molecule has 0 aliphatic carbocycles. The van der Waals surface area contributed by atoms with Crippen LogP contribution in [-0.4, -0.2) is 0 Å². The topological polar surface area (TPSA) is 47.3 Å². The molecule has 3 N–H and O–H groups in total. The second-order valence-corrected chi connectivity index (χ2v) is 1.13. The van der Waals surface area contributed by atoms with E-state index in [-0.39, 0.29) is 0 Å². The van der Waals surface area contributed by atoms with Crippen LogP contribution in [0.2, 0.25) is 0 Å². The summed E-state index contributed by atoms with van der Waals surface area (Å²) in [6, 6.07) is 0. The van der Waals surface area contributed by atoms with Crippen molar-refractivity contribution in [1.29, 1.82) is 0 Å². The first-order valence-electron chi connectivity index (χ1n) is 1.93. The Hall–Kier alpha value is -1.12. The average Bonchev–Trinajstić information content (AvgIpc) is 1.69. The van der Waals surface area contributed by atoms with Gasteiger partial charge >= 0.3 is 0 Å². The van der Waals surface area contributed by atoms with Crippen LogP contribution < -0.4 is 11.1 Å². The van der Waals surface area contributed by atoms with E-state index in [1.165, 1.54) is 6.26 Å². The van der Waals surface area contributed by atoms with E-state index in [1.54, 1.807) is 12.4 Å². The van der Waals surface area contributed by atoms with Crippen molar-refractivity contribution in [3.05, 3.63) is 24.5 Å². The maximum atomic E-state index is 5.16. The van der Waals surface area contributed by atoms with Gasteiger partial charge in [0.1, 0.15) is 6.26 Å². The number of ether oxygens (including phenoxy) is 1. The van der Waals surface area contributed by atoms with Crippen molar-refractivity contribution in [3.8, 4) is 0 Å². The minimum atomic E-state index is 0.391. The zero-order valence-electron chi connectivity index (χ0n) is 3.72. The lowest BCUT2D eigenvalue weighted by atomic mass is 10.7. The van der Waals surface area contributed by atoms with Crippen LogP contribution in [0.4, 0.5) is 0 Å². The Morgan fingerprint density at radius 3 is 2.86 bits per heavy atom. The fourth-order valence-corrected chi connectivity index (χ4v) is 0.316. The number of hydrogen-bond acceptors (Lipinski definition) is 3. The smallest absolute Gasteiger partial charge is 0.206 e. The third-order valence-corrected chi connectivity index (χ3v) is 0.594. The van der Waals surface area contributed by atoms with E-state index in [1.807, 2.05) is 0 Å². The summed E-state index contributed by atoms with van der Waals surface area (Å²) in [5.41, 5.74) is 5.16. The highest BCUT2D eigenvalue weighted by atomic mass is 16.5. The van der Waals surface area contributed by atoms with E-state index in [9.17, 15) is 0 Å². The van der Waals surface area contributed by atoms with Gasteiger partial charge in [-0.25, -0.2) is 0 Å². The molecule has 0 radical (unpaired) electrons. The molecule has 0 saturated heterocycles. The summed E-state index contributed by atoms with van der Waals surface area (Å²) in [7, 11) is 0. The van der Waals surface area contributed by atoms with Crippen molar-refractivity contribution in [2.45, 2.75) is 0 Å². The Morgan fingerprint density at radius 2 is 2.57 bits per heavy atom. The van der Waals surface area contributed by atoms with Gasteiger partial charge in [-0.2, -0.15) is 0 Å². The van der Waals surface area contributed by atoms with Gasteiger partial charge in [0, 0.05) is 6.20 Å². The molecule has 7 heavy (non-hydrogen) atoms. The SMILES string of the molecule is NC1=CNC=CO1. The second-order valence-electron chi connectivity index (χ2n) is 1.13. The van der Waals surface area contributed by atoms with E-state index < -0.39 is 0 Å². The third kappa shape index (κ3) is 0.855. The first-order chi connectivity index (χ1) is 3.39. The molecule has 1 aliphatic heterocycles. The zero-order chi connectivity index (χ0) is 5.11. The van der Waals surface area contributed by atoms with E-state index in [0.717, 1.165) is 0 Å². The van der Waals surface area contributed by atoms with E-state index in [2.05, 4.69) is 10.1 Å². The van der Waals surface area contributed by atoms with Gasteiger partial charge in [-0.05, 0) is 0 Å². The summed E-state index contributed by atoms with van der Waals surface area (Å²) in [5, 5.41) is 2.74. The highest BCUT2D eigenvalue weighted by molar-refractivity contribution is 4.95. The molecule has 0 aromatic carbocycles. The van der Waals surface area contributed by atoms with Crippen molar-refractivity contribution in [1.82, 2.24) is 5.32 Å². The minimum Gasteiger partial charge on any atom is -0.446 e. The Kier molecular flexibility index (Phi) is 0.898. The van der Waals surface area contributed by atoms with Crippen molar-refractivity contribution < 1.29 is 4.74 Å². The molecule has 1 rings (SSSR count). The van der Waals surface area contributed by atoms with Crippen LogP contribution in [0.15, 0.2) is 24.5 Å². The first-order valence-corrected chi connectivity index (χ1v) is 1.93. The number of nitrogens with one attached hydrogen (secondary N) is 1. The monoisotopic (exact) mass is 98.0 g/mol. The molecular formula is C4H6N2O. The number of nitrogens with two attached hydrogens (primary N) is 1. The molecule has 0 fully saturated rings. The summed E-state index contributed by atoms with van der Waals surface area (Å²) >= 11 is 0. The summed E-state index contributed by atoms with van der Waals surface area (Å²) < 4.78 is 4.67. The lowest BCUT2D eigenvalue weighted by Gasteiger charge is -2.02. The van der Waals surface area contributed by atoms with Crippen LogP contribution in [0.3, 0.4) is 0 Å². The van der Waals surface area contributed by atoms with Crippen molar-refractivity contribution >= 4 is 0 Å². The summed E-state index contributed by atoms with van der Waals surface area (Å²) in [6.45, 7) is 0. The van der Waals surface area contributed by atoms with Crippen molar-refractivity contribution in [2.24, 2.45) is 5.73 Å². The molecule has 38 valence electrons. The lowest BCUT2D eigenvalue weighted by Crippen LogP contribution is -2.08. The normalized spacial score (nSPS) is 16.9. The van der Waals surface area contributed by atoms with E-state index >= 15 is 0 Å². The molecule has 0 spiro atoms. The molecule has 3 heteroatoms. The molecule has 0 aromatic rings. The fraction of sp³-hybridized carbons (Fsp3) is 0. The highest BCUT2D eigenvalue weighted by Gasteiger charge is 1.86. The average molecular weight is 98.1 g/mol. The maximum absolute atomic E-state index is 5.16. The molecule has 1 aliphatic rings. The maximum Gasteiger partial charge on any atom is 0.206 e. The number of rotatable bonds is 0. The molecule has 0 amide bonds. The fourth-order valence-electron chi connectivity index (χ4n) is 0.316. The van der Waals surface area contributed by atoms with Gasteiger partial charge in [0.25, 0.3) is 0 Å². The van der Waals surface area contributed by atoms with Gasteiger partial charge in [-0.1, -0.05) is 0 Å². The predicted molar refractivity (Wildman–Crippen MR) is 25.6 cm³/mol. The highest BCUT2D eigenvalue weighted by Crippen LogP contribution is 1.89. The molecule has 0 unspecified atom stereocenters. The molecule has 0 saturated carbocycles. The van der Waals surface area contributed by atoms with Gasteiger partial charge in [0.15, 0.2) is 0 Å². The van der Waals surface area contributed by atoms with E-state index in [4.69, 9.17) is 5.73 Å². The van der Waals surface area contributed by atoms with Crippen molar-refractivity contribution in [2.75, 3.05) is 0 Å². The molecule has 0 aromatic heterocycles. The molecule has 3 nitrogen and oxygen atoms in total. The van der Waals surface area contributed by atoms with Gasteiger partial charge in [0.2, 0.25) is 5.88 Å². The minimum absolute atomic E-state index is 0.391. The Labute approximate surface area is 41.5 Å². The van der Waals surface area contributed by atoms with Crippen LogP contribution in [0, 0.1) is 0 Å². The van der Waals surface area contributed by atoms with Crippen LogP contribution >= 0.6 is 0 Å². The molecule has 0 atom stereocenters. The third-order valence-electron chi connectivity index (χ3n) is 0.594. The Balaban J connectivity index is 2.50. The van der Waals surface area contributed by atoms with Gasteiger partial charge in [0.05, 0.1) is 6.20 Å². The standard InChI is InChI=1S/C4H6N2O/c5-4-3-6-1-2-7-4/h1-3,6H,5H2. The van der Waals surface area contributed by atoms with Gasteiger partial charge < -0.3 is 15.8 Å². The van der Waals surface area contributed by atoms with Crippen LogP contribution in [-0.2, 0) is 4.74 Å². The summed E-state index contributed by atoms with van der Waals surface area (Å²) in [6.07, 6.45) is 4.70.